The maximum absolute atomic E-state index is 12.5. The van der Waals surface area contributed by atoms with Crippen LogP contribution in [0.2, 0.25) is 0 Å². The van der Waals surface area contributed by atoms with Gasteiger partial charge in [-0.2, -0.15) is 4.72 Å². The van der Waals surface area contributed by atoms with E-state index in [-0.39, 0.29) is 16.8 Å². The van der Waals surface area contributed by atoms with Crippen molar-refractivity contribution in [1.29, 1.82) is 0 Å². The number of benzene rings is 1. The second kappa shape index (κ2) is 9.85. The van der Waals surface area contributed by atoms with Crippen LogP contribution < -0.4 is 10.0 Å². The van der Waals surface area contributed by atoms with Crippen molar-refractivity contribution in [3.63, 3.8) is 0 Å². The van der Waals surface area contributed by atoms with Crippen molar-refractivity contribution >= 4 is 15.9 Å². The first kappa shape index (κ1) is 21.3. The molecule has 1 amide bonds. The molecule has 156 valence electrons. The number of hydrogen-bond donors (Lipinski definition) is 2. The molecule has 2 fully saturated rings. The van der Waals surface area contributed by atoms with Crippen molar-refractivity contribution in [2.45, 2.75) is 68.8 Å². The first-order chi connectivity index (χ1) is 13.4. The molecule has 6 nitrogen and oxygen atoms in total. The average Bonchev–Trinajstić information content (AvgIpc) is 2.70. The van der Waals surface area contributed by atoms with Crippen LogP contribution in [0.1, 0.15) is 51.9 Å². The van der Waals surface area contributed by atoms with Gasteiger partial charge in [0.1, 0.15) is 0 Å². The monoisotopic (exact) mass is 407 g/mol. The Labute approximate surface area is 169 Å². The fourth-order valence-corrected chi connectivity index (χ4v) is 5.50. The van der Waals surface area contributed by atoms with Gasteiger partial charge in [0.2, 0.25) is 15.9 Å². The molecule has 0 radical (unpaired) electrons. The number of rotatable bonds is 7. The number of carbonyl (C=O) groups is 1. The zero-order chi connectivity index (χ0) is 20.0. The van der Waals surface area contributed by atoms with Crippen LogP contribution in [-0.4, -0.2) is 50.9 Å². The van der Waals surface area contributed by atoms with E-state index < -0.39 is 16.1 Å². The van der Waals surface area contributed by atoms with E-state index in [4.69, 9.17) is 0 Å². The Morgan fingerprint density at radius 2 is 1.71 bits per heavy atom. The maximum atomic E-state index is 12.5. The highest BCUT2D eigenvalue weighted by Gasteiger charge is 2.27. The molecule has 1 atom stereocenters. The van der Waals surface area contributed by atoms with E-state index in [2.05, 4.69) is 14.9 Å². The highest BCUT2D eigenvalue weighted by molar-refractivity contribution is 7.89. The Hall–Kier alpha value is -1.44. The summed E-state index contributed by atoms with van der Waals surface area (Å²) in [7, 11) is -3.69. The third-order valence-electron chi connectivity index (χ3n) is 5.95. The molecule has 1 aromatic rings. The van der Waals surface area contributed by atoms with E-state index in [9.17, 15) is 13.2 Å². The Bertz CT molecular complexity index is 725. The number of piperidine rings is 1. The van der Waals surface area contributed by atoms with Gasteiger partial charge >= 0.3 is 0 Å². The summed E-state index contributed by atoms with van der Waals surface area (Å²) in [4.78, 5) is 15.2. The predicted molar refractivity (Wildman–Crippen MR) is 110 cm³/mol. The van der Waals surface area contributed by atoms with E-state index in [1.165, 1.54) is 50.8 Å². The third-order valence-corrected chi connectivity index (χ3v) is 7.51. The van der Waals surface area contributed by atoms with Crippen LogP contribution in [0.25, 0.3) is 0 Å². The van der Waals surface area contributed by atoms with Gasteiger partial charge in [0.25, 0.3) is 0 Å². The van der Waals surface area contributed by atoms with Crippen LogP contribution in [-0.2, 0) is 14.8 Å². The lowest BCUT2D eigenvalue weighted by molar-refractivity contribution is -0.123. The number of carbonyl (C=O) groups excluding carboxylic acids is 1. The molecule has 1 aliphatic heterocycles. The molecular formula is C21H33N3O3S. The molecule has 1 aromatic carbocycles. The minimum Gasteiger partial charge on any atom is -0.352 e. The second-order valence-electron chi connectivity index (χ2n) is 8.24. The third kappa shape index (κ3) is 6.03. The largest absolute Gasteiger partial charge is 0.352 e. The predicted octanol–water partition coefficient (Wildman–Crippen LogP) is 2.51. The van der Waals surface area contributed by atoms with Crippen LogP contribution in [0.4, 0.5) is 0 Å². The van der Waals surface area contributed by atoms with Gasteiger partial charge in [-0.25, -0.2) is 8.42 Å². The summed E-state index contributed by atoms with van der Waals surface area (Å²) in [6.07, 6.45) is 8.69. The van der Waals surface area contributed by atoms with E-state index in [1.807, 2.05) is 0 Å². The number of hydrogen-bond acceptors (Lipinski definition) is 4. The van der Waals surface area contributed by atoms with Crippen LogP contribution in [0, 0.1) is 5.92 Å². The molecule has 1 heterocycles. The molecule has 0 spiro atoms. The normalized spacial score (nSPS) is 21.3. The molecule has 1 saturated heterocycles. The summed E-state index contributed by atoms with van der Waals surface area (Å²) in [5.74, 6) is 0.581. The summed E-state index contributed by atoms with van der Waals surface area (Å²) in [6, 6.07) is 7.46. The highest BCUT2D eigenvalue weighted by atomic mass is 32.2. The Morgan fingerprint density at radius 3 is 2.36 bits per heavy atom. The number of amides is 1. The minimum absolute atomic E-state index is 0.124. The van der Waals surface area contributed by atoms with Gasteiger partial charge in [-0.05, 0) is 50.7 Å². The SMILES string of the molecule is C[C@H](NS(=O)(=O)c1ccccc1)C(=O)NC1CCN(CC2CCCCC2)CC1. The van der Waals surface area contributed by atoms with Gasteiger partial charge in [-0.15, -0.1) is 0 Å². The van der Waals surface area contributed by atoms with E-state index in [0.717, 1.165) is 31.8 Å². The van der Waals surface area contributed by atoms with E-state index in [1.54, 1.807) is 25.1 Å². The summed E-state index contributed by atoms with van der Waals surface area (Å²) < 4.78 is 27.2. The van der Waals surface area contributed by atoms with Crippen molar-refractivity contribution in [3.8, 4) is 0 Å². The lowest BCUT2D eigenvalue weighted by Crippen LogP contribution is -2.51. The first-order valence-corrected chi connectivity index (χ1v) is 12.0. The van der Waals surface area contributed by atoms with Gasteiger partial charge in [0.15, 0.2) is 0 Å². The van der Waals surface area contributed by atoms with Crippen LogP contribution in [0.15, 0.2) is 35.2 Å². The number of nitrogens with one attached hydrogen (secondary N) is 2. The average molecular weight is 408 g/mol. The molecule has 0 bridgehead atoms. The van der Waals surface area contributed by atoms with Crippen molar-refractivity contribution in [3.05, 3.63) is 30.3 Å². The molecular weight excluding hydrogens is 374 g/mol. The molecule has 3 rings (SSSR count). The van der Waals surface area contributed by atoms with Gasteiger partial charge in [0, 0.05) is 25.7 Å². The van der Waals surface area contributed by atoms with Gasteiger partial charge in [-0.3, -0.25) is 4.79 Å². The Morgan fingerprint density at radius 1 is 1.07 bits per heavy atom. The number of likely N-dealkylation sites (tertiary alicyclic amines) is 1. The van der Waals surface area contributed by atoms with Crippen molar-refractivity contribution in [2.24, 2.45) is 5.92 Å². The number of sulfonamides is 1. The molecule has 28 heavy (non-hydrogen) atoms. The van der Waals surface area contributed by atoms with Crippen molar-refractivity contribution in [1.82, 2.24) is 14.9 Å². The van der Waals surface area contributed by atoms with Crippen LogP contribution in [0.5, 0.6) is 0 Å². The summed E-state index contributed by atoms with van der Waals surface area (Å²) in [6.45, 7) is 4.79. The molecule has 1 saturated carbocycles. The lowest BCUT2D eigenvalue weighted by Gasteiger charge is -2.35. The van der Waals surface area contributed by atoms with Crippen molar-refractivity contribution < 1.29 is 13.2 Å². The molecule has 1 aliphatic carbocycles. The van der Waals surface area contributed by atoms with Gasteiger partial charge in [0.05, 0.1) is 10.9 Å². The van der Waals surface area contributed by atoms with Crippen LogP contribution in [0.3, 0.4) is 0 Å². The minimum atomic E-state index is -3.69. The lowest BCUT2D eigenvalue weighted by atomic mass is 9.88. The standard InChI is InChI=1S/C21H33N3O3S/c1-17(23-28(26,27)20-10-6-3-7-11-20)21(25)22-19-12-14-24(15-13-19)16-18-8-4-2-5-9-18/h3,6-7,10-11,17-19,23H,2,4-5,8-9,12-16H2,1H3,(H,22,25)/t17-/m0/s1. The highest BCUT2D eigenvalue weighted by Crippen LogP contribution is 2.25. The van der Waals surface area contributed by atoms with Crippen LogP contribution >= 0.6 is 0 Å². The van der Waals surface area contributed by atoms with Crippen molar-refractivity contribution in [2.75, 3.05) is 19.6 Å². The fraction of sp³-hybridized carbons (Fsp3) is 0.667. The first-order valence-electron chi connectivity index (χ1n) is 10.5. The van der Waals surface area contributed by atoms with Gasteiger partial charge < -0.3 is 10.2 Å². The zero-order valence-electron chi connectivity index (χ0n) is 16.8. The summed E-state index contributed by atoms with van der Waals surface area (Å²) >= 11 is 0. The molecule has 2 aliphatic rings. The molecule has 0 aromatic heterocycles. The maximum Gasteiger partial charge on any atom is 0.241 e. The Balaban J connectivity index is 1.42. The molecule has 7 heteroatoms. The fourth-order valence-electron chi connectivity index (χ4n) is 4.27. The quantitative estimate of drug-likeness (QED) is 0.728. The van der Waals surface area contributed by atoms with E-state index in [0.29, 0.717) is 0 Å². The second-order valence-corrected chi connectivity index (χ2v) is 9.96. The molecule has 0 unspecified atom stereocenters. The number of nitrogens with zero attached hydrogens (tertiary/aromatic N) is 1. The zero-order valence-corrected chi connectivity index (χ0v) is 17.6. The van der Waals surface area contributed by atoms with Gasteiger partial charge in [-0.1, -0.05) is 37.5 Å². The van der Waals surface area contributed by atoms with E-state index >= 15 is 0 Å². The smallest absolute Gasteiger partial charge is 0.241 e. The Kier molecular flexibility index (Phi) is 7.48. The summed E-state index contributed by atoms with van der Waals surface area (Å²) in [5, 5.41) is 3.02. The topological polar surface area (TPSA) is 78.5 Å². The summed E-state index contributed by atoms with van der Waals surface area (Å²) in [5.41, 5.74) is 0. The molecule has 2 N–H and O–H groups in total.